The van der Waals surface area contributed by atoms with Gasteiger partial charge >= 0.3 is 52.4 Å². The third kappa shape index (κ3) is 519. The van der Waals surface area contributed by atoms with Crippen molar-refractivity contribution < 1.29 is 129 Å². The van der Waals surface area contributed by atoms with E-state index in [1.54, 1.807) is 0 Å². The first-order chi connectivity index (χ1) is 0. The Morgan fingerprint density at radius 2 is 0.176 bits per heavy atom. The minimum absolute atomic E-state index is 0. The minimum Gasteiger partial charge on any atom is -2.00 e. The normalized spacial score (nSPS) is 0. The maximum atomic E-state index is 0. The molecule has 12 nitrogen and oxygen atoms in total. The van der Waals surface area contributed by atoms with E-state index in [9.17, 15) is 0 Å². The molecule has 0 bridgehead atoms. The second kappa shape index (κ2) is 580. The van der Waals surface area contributed by atoms with Gasteiger partial charge in [-0.3, -0.25) is 0 Å². The van der Waals surface area contributed by atoms with E-state index in [4.69, 9.17) is 0 Å². The molecule has 0 aromatic heterocycles. The van der Waals surface area contributed by atoms with Crippen molar-refractivity contribution in [3.8, 4) is 0 Å². The third-order valence-electron chi connectivity index (χ3n) is 0. The Hall–Kier alpha value is 3.35. The van der Waals surface area contributed by atoms with Crippen LogP contribution in [0, 0.1) is 0 Å². The Labute approximate surface area is 179 Å². The van der Waals surface area contributed by atoms with Crippen LogP contribution in [-0.4, -0.2) is 52.4 Å². The van der Waals surface area contributed by atoms with Crippen molar-refractivity contribution in [1.82, 2.24) is 0 Å². The standard InChI is InChI=1S/2Bi.3Mo.12O/q2*+3;;;;12*-2. The maximum Gasteiger partial charge on any atom is 3.00 e. The van der Waals surface area contributed by atoms with E-state index < -0.39 is 0 Å². The van der Waals surface area contributed by atoms with Crippen LogP contribution in [0.3, 0.4) is 0 Å². The summed E-state index contributed by atoms with van der Waals surface area (Å²) in [6.45, 7) is 0. The first kappa shape index (κ1) is 679. The molecule has 0 rings (SSSR count). The van der Waals surface area contributed by atoms with Crippen molar-refractivity contribution in [1.29, 1.82) is 0 Å². The van der Waals surface area contributed by atoms with Gasteiger partial charge in [-0.1, -0.05) is 0 Å². The van der Waals surface area contributed by atoms with Crippen LogP contribution < -0.4 is 0 Å². The van der Waals surface area contributed by atoms with Gasteiger partial charge < -0.3 is 65.7 Å². The van der Waals surface area contributed by atoms with Crippen molar-refractivity contribution in [3.63, 3.8) is 0 Å². The van der Waals surface area contributed by atoms with Gasteiger partial charge in [0, 0.05) is 63.2 Å². The molecule has 17 heavy (non-hydrogen) atoms. The monoisotopic (exact) mass is 904 g/mol. The van der Waals surface area contributed by atoms with Gasteiger partial charge in [-0.2, -0.15) is 0 Å². The quantitative estimate of drug-likeness (QED) is 0.234. The minimum atomic E-state index is 0. The van der Waals surface area contributed by atoms with Gasteiger partial charge in [0.2, 0.25) is 0 Å². The molecule has 0 atom stereocenters. The molecular formula is Bi2Mo3O12-18. The molecule has 0 spiro atoms. The van der Waals surface area contributed by atoms with E-state index in [1.165, 1.54) is 0 Å². The third-order valence-corrected chi connectivity index (χ3v) is 0. The number of hydrogen-bond acceptors (Lipinski definition) is 0. The van der Waals surface area contributed by atoms with Gasteiger partial charge in [0.1, 0.15) is 0 Å². The Kier molecular flexibility index (Phi) is 23200. The van der Waals surface area contributed by atoms with Crippen LogP contribution >= 0.6 is 0 Å². The fraction of sp³-hybridized carbons (Fsp3) is 0. The second-order valence-electron chi connectivity index (χ2n) is 0. The van der Waals surface area contributed by atoms with E-state index in [1.807, 2.05) is 0 Å². The Bertz CT molecular complexity index is 19.7. The van der Waals surface area contributed by atoms with Crippen molar-refractivity contribution in [2.45, 2.75) is 0 Å². The number of hydrogen-bond donors (Lipinski definition) is 0. The van der Waals surface area contributed by atoms with Gasteiger partial charge in [0.05, 0.1) is 0 Å². The molecule has 0 saturated carbocycles. The first-order valence-electron chi connectivity index (χ1n) is 0. The summed E-state index contributed by atoms with van der Waals surface area (Å²) in [7, 11) is 0. The fourth-order valence-corrected chi connectivity index (χ4v) is 0. The Balaban J connectivity index is 0. The Morgan fingerprint density at radius 1 is 0.176 bits per heavy atom. The van der Waals surface area contributed by atoms with E-state index in [0.717, 1.165) is 0 Å². The molecule has 0 heterocycles. The smallest absolute Gasteiger partial charge is 2.00 e. The van der Waals surface area contributed by atoms with E-state index in [0.29, 0.717) is 0 Å². The predicted octanol–water partition coefficient (Wildman–Crippen LogP) is -2.19. The molecule has 0 fully saturated rings. The zero-order valence-corrected chi connectivity index (χ0v) is 20.0. The molecular weight excluding hydrogens is 898 g/mol. The molecule has 0 aliphatic carbocycles. The SMILES string of the molecule is [Bi+3].[Bi+3].[Mo].[Mo].[Mo].[O-2].[O-2].[O-2].[O-2].[O-2].[O-2].[O-2].[O-2].[O-2].[O-2].[O-2].[O-2]. The number of rotatable bonds is 0. The largest absolute Gasteiger partial charge is 3.00 e. The Morgan fingerprint density at radius 3 is 0.176 bits per heavy atom. The van der Waals surface area contributed by atoms with Crippen LogP contribution in [-0.2, 0) is 129 Å². The summed E-state index contributed by atoms with van der Waals surface area (Å²) >= 11 is 0. The summed E-state index contributed by atoms with van der Waals surface area (Å²) in [5.74, 6) is 0. The van der Waals surface area contributed by atoms with Crippen molar-refractivity contribution in [2.75, 3.05) is 0 Å². The molecule has 0 aromatic carbocycles. The van der Waals surface area contributed by atoms with Crippen molar-refractivity contribution >= 4 is 52.4 Å². The van der Waals surface area contributed by atoms with Crippen LogP contribution in [0.15, 0.2) is 0 Å². The van der Waals surface area contributed by atoms with Crippen molar-refractivity contribution in [3.05, 3.63) is 0 Å². The molecule has 4 radical (unpaired) electrons. The van der Waals surface area contributed by atoms with Gasteiger partial charge in [0.25, 0.3) is 0 Å². The van der Waals surface area contributed by atoms with Crippen LogP contribution in [0.2, 0.25) is 0 Å². The van der Waals surface area contributed by atoms with Crippen LogP contribution in [0.4, 0.5) is 0 Å². The van der Waals surface area contributed by atoms with Gasteiger partial charge in [-0.05, 0) is 0 Å². The molecule has 118 valence electrons. The molecule has 0 saturated heterocycles. The zero-order valence-electron chi connectivity index (χ0n) is 7.02. The summed E-state index contributed by atoms with van der Waals surface area (Å²) in [6, 6.07) is 0. The summed E-state index contributed by atoms with van der Waals surface area (Å²) in [6.07, 6.45) is 0. The van der Waals surface area contributed by atoms with E-state index in [-0.39, 0.29) is 181 Å². The van der Waals surface area contributed by atoms with Crippen LogP contribution in [0.5, 0.6) is 0 Å². The van der Waals surface area contributed by atoms with Crippen LogP contribution in [0.25, 0.3) is 0 Å². The van der Waals surface area contributed by atoms with E-state index in [2.05, 4.69) is 0 Å². The topological polar surface area (TPSA) is 342 Å². The molecule has 0 amide bonds. The van der Waals surface area contributed by atoms with Gasteiger partial charge in [-0.15, -0.1) is 0 Å². The van der Waals surface area contributed by atoms with E-state index >= 15 is 0 Å². The summed E-state index contributed by atoms with van der Waals surface area (Å²) in [5.41, 5.74) is 0. The average Bonchev–Trinajstić information content (AvgIpc) is 0. The van der Waals surface area contributed by atoms with Crippen molar-refractivity contribution in [2.24, 2.45) is 0 Å². The van der Waals surface area contributed by atoms with Crippen LogP contribution in [0.1, 0.15) is 0 Å². The average molecular weight is 898 g/mol. The molecule has 0 aliphatic rings. The molecule has 0 aromatic rings. The zero-order chi connectivity index (χ0) is 0. The van der Waals surface area contributed by atoms with Gasteiger partial charge in [0.15, 0.2) is 0 Å². The fourth-order valence-electron chi connectivity index (χ4n) is 0. The molecule has 0 unspecified atom stereocenters. The summed E-state index contributed by atoms with van der Waals surface area (Å²) < 4.78 is 0. The molecule has 0 aliphatic heterocycles. The first-order valence-corrected chi connectivity index (χ1v) is 0. The predicted molar refractivity (Wildman–Crippen MR) is 19.7 cm³/mol. The summed E-state index contributed by atoms with van der Waals surface area (Å²) in [5, 5.41) is 0. The van der Waals surface area contributed by atoms with Gasteiger partial charge in [-0.25, -0.2) is 0 Å². The second-order valence-corrected chi connectivity index (χ2v) is 0. The maximum absolute atomic E-state index is 0. The molecule has 17 heteroatoms. The molecule has 0 N–H and O–H groups in total. The summed E-state index contributed by atoms with van der Waals surface area (Å²) in [4.78, 5) is 0.